The summed E-state index contributed by atoms with van der Waals surface area (Å²) in [6, 6.07) is 9.43. The van der Waals surface area contributed by atoms with Crippen molar-refractivity contribution in [3.8, 4) is 11.5 Å². The molecule has 1 aromatic carbocycles. The smallest absolute Gasteiger partial charge is 0.379 e. The number of piperidine rings is 1. The van der Waals surface area contributed by atoms with Crippen LogP contribution in [0.2, 0.25) is 0 Å². The Morgan fingerprint density at radius 2 is 1.95 bits per heavy atom. The Labute approximate surface area is 240 Å². The van der Waals surface area contributed by atoms with Gasteiger partial charge in [-0.15, -0.1) is 0 Å². The summed E-state index contributed by atoms with van der Waals surface area (Å²) in [6.45, 7) is 5.61. The normalized spacial score (nSPS) is 18.4. The van der Waals surface area contributed by atoms with Crippen molar-refractivity contribution < 1.29 is 26.9 Å². The average Bonchev–Trinajstić information content (AvgIpc) is 3.53. The molecule has 1 fully saturated rings. The third kappa shape index (κ3) is 6.56. The summed E-state index contributed by atoms with van der Waals surface area (Å²) in [5.41, 5.74) is 1.91. The zero-order valence-electron chi connectivity index (χ0n) is 23.8. The number of fused-ring (bicyclic) bond motifs is 1. The van der Waals surface area contributed by atoms with Crippen LogP contribution in [0.1, 0.15) is 49.1 Å². The molecule has 0 unspecified atom stereocenters. The van der Waals surface area contributed by atoms with Crippen molar-refractivity contribution in [3.05, 3.63) is 59.7 Å². The number of nitrogens with zero attached hydrogens (tertiary/aromatic N) is 5. The van der Waals surface area contributed by atoms with Crippen molar-refractivity contribution >= 4 is 22.5 Å². The van der Waals surface area contributed by atoms with E-state index in [-0.39, 0.29) is 35.9 Å². The van der Waals surface area contributed by atoms with Gasteiger partial charge in [0.15, 0.2) is 0 Å². The van der Waals surface area contributed by atoms with Crippen molar-refractivity contribution in [3.63, 3.8) is 0 Å². The molecule has 9 nitrogen and oxygen atoms in total. The zero-order valence-corrected chi connectivity index (χ0v) is 23.8. The Kier molecular flexibility index (Phi) is 7.97. The van der Waals surface area contributed by atoms with Crippen molar-refractivity contribution in [1.29, 1.82) is 0 Å². The van der Waals surface area contributed by atoms with Gasteiger partial charge in [-0.2, -0.15) is 18.2 Å². The lowest BCUT2D eigenvalue weighted by molar-refractivity contribution is -0.139. The van der Waals surface area contributed by atoms with Gasteiger partial charge in [0.1, 0.15) is 12.7 Å². The largest absolute Gasteiger partial charge is 0.406 e. The maximum absolute atomic E-state index is 14.7. The quantitative estimate of drug-likeness (QED) is 0.282. The Morgan fingerprint density at radius 3 is 2.62 bits per heavy atom. The van der Waals surface area contributed by atoms with Gasteiger partial charge in [-0.1, -0.05) is 32.0 Å². The van der Waals surface area contributed by atoms with Crippen LogP contribution < -0.4 is 10.6 Å². The third-order valence-electron chi connectivity index (χ3n) is 7.26. The summed E-state index contributed by atoms with van der Waals surface area (Å²) in [4.78, 5) is 23.1. The van der Waals surface area contributed by atoms with Gasteiger partial charge in [0, 0.05) is 41.5 Å². The molecule has 1 amide bonds. The van der Waals surface area contributed by atoms with Gasteiger partial charge in [0.25, 0.3) is 5.91 Å². The van der Waals surface area contributed by atoms with E-state index in [0.717, 1.165) is 10.3 Å². The summed E-state index contributed by atoms with van der Waals surface area (Å²) >= 11 is 0. The SMILES string of the molecule is CN1CC[C@@H](Nc2cccc3c2cc(-c2noc(CNC(=O)c4ccc(C(C)(C)C)nc4)n2)n3CC(F)(F)F)[C@@H](F)C1. The zero-order chi connectivity index (χ0) is 30.2. The van der Waals surface area contributed by atoms with Gasteiger partial charge in [0.2, 0.25) is 11.7 Å². The van der Waals surface area contributed by atoms with Gasteiger partial charge >= 0.3 is 6.18 Å². The molecule has 0 bridgehead atoms. The fraction of sp³-hybridized carbons (Fsp3) is 0.448. The van der Waals surface area contributed by atoms with Crippen LogP contribution in [0, 0.1) is 0 Å². The number of likely N-dealkylation sites (tertiary alicyclic amines) is 1. The van der Waals surface area contributed by atoms with Crippen molar-refractivity contribution in [2.24, 2.45) is 0 Å². The van der Waals surface area contributed by atoms with E-state index in [4.69, 9.17) is 4.52 Å². The van der Waals surface area contributed by atoms with E-state index in [1.807, 2.05) is 32.7 Å². The van der Waals surface area contributed by atoms with E-state index in [0.29, 0.717) is 35.1 Å². The standard InChI is InChI=1S/C29H33F4N7O2/c1-28(2,3)24-9-8-17(13-34-24)27(41)35-14-25-37-26(38-42-25)23-12-18-20(36-21-10-11-39(4)15-19(21)30)6-5-7-22(18)40(23)16-29(31,32)33/h5-9,12-13,19,21,36H,10-11,14-16H2,1-4H3,(H,35,41)/t19-,21+/m0/s1. The molecule has 3 aromatic heterocycles. The first-order valence-corrected chi connectivity index (χ1v) is 13.6. The molecule has 13 heteroatoms. The summed E-state index contributed by atoms with van der Waals surface area (Å²) in [7, 11) is 1.85. The highest BCUT2D eigenvalue weighted by Gasteiger charge is 2.32. The van der Waals surface area contributed by atoms with Crippen LogP contribution in [0.4, 0.5) is 23.2 Å². The summed E-state index contributed by atoms with van der Waals surface area (Å²) in [5.74, 6) is -0.458. The minimum absolute atomic E-state index is 0.0198. The van der Waals surface area contributed by atoms with Crippen LogP contribution in [0.5, 0.6) is 0 Å². The molecule has 4 aromatic rings. The molecule has 2 N–H and O–H groups in total. The number of hydrogen-bond acceptors (Lipinski definition) is 7. The van der Waals surface area contributed by atoms with Gasteiger partial charge in [-0.05, 0) is 43.8 Å². The molecule has 2 atom stereocenters. The lowest BCUT2D eigenvalue weighted by atomic mass is 9.91. The third-order valence-corrected chi connectivity index (χ3v) is 7.26. The summed E-state index contributed by atoms with van der Waals surface area (Å²) in [5, 5.41) is 10.3. The molecule has 5 rings (SSSR count). The van der Waals surface area contributed by atoms with E-state index >= 15 is 0 Å². The monoisotopic (exact) mass is 587 g/mol. The first-order valence-electron chi connectivity index (χ1n) is 13.6. The molecule has 4 heterocycles. The molecule has 1 aliphatic rings. The summed E-state index contributed by atoms with van der Waals surface area (Å²) < 4.78 is 62.1. The van der Waals surface area contributed by atoms with E-state index in [1.54, 1.807) is 36.4 Å². The van der Waals surface area contributed by atoms with Gasteiger partial charge < -0.3 is 24.6 Å². The molecular weight excluding hydrogens is 554 g/mol. The Balaban J connectivity index is 1.38. The second-order valence-corrected chi connectivity index (χ2v) is 11.7. The van der Waals surface area contributed by atoms with Crippen LogP contribution in [0.25, 0.3) is 22.4 Å². The molecule has 0 saturated carbocycles. The van der Waals surface area contributed by atoms with E-state index in [9.17, 15) is 22.4 Å². The van der Waals surface area contributed by atoms with E-state index in [2.05, 4.69) is 25.8 Å². The molecule has 1 saturated heterocycles. The van der Waals surface area contributed by atoms with Crippen molar-refractivity contribution in [2.45, 2.75) is 64.1 Å². The second kappa shape index (κ2) is 11.3. The summed E-state index contributed by atoms with van der Waals surface area (Å²) in [6.07, 6.45) is -3.62. The lowest BCUT2D eigenvalue weighted by Crippen LogP contribution is -2.46. The maximum Gasteiger partial charge on any atom is 0.406 e. The molecule has 0 aliphatic carbocycles. The lowest BCUT2D eigenvalue weighted by Gasteiger charge is -2.33. The highest BCUT2D eigenvalue weighted by molar-refractivity contribution is 5.96. The number of carbonyl (C=O) groups excluding carboxylic acids is 1. The number of rotatable bonds is 7. The topological polar surface area (TPSA) is 101 Å². The van der Waals surface area contributed by atoms with Gasteiger partial charge in [0.05, 0.1) is 29.4 Å². The van der Waals surface area contributed by atoms with Crippen molar-refractivity contribution in [2.75, 3.05) is 25.5 Å². The van der Waals surface area contributed by atoms with Gasteiger partial charge in [-0.3, -0.25) is 9.78 Å². The van der Waals surface area contributed by atoms with Crippen LogP contribution in [0.3, 0.4) is 0 Å². The molecule has 42 heavy (non-hydrogen) atoms. The number of benzene rings is 1. The molecule has 224 valence electrons. The highest BCUT2D eigenvalue weighted by Crippen LogP contribution is 2.35. The van der Waals surface area contributed by atoms with Crippen LogP contribution in [0.15, 0.2) is 47.1 Å². The predicted molar refractivity (Wildman–Crippen MR) is 150 cm³/mol. The van der Waals surface area contributed by atoms with Crippen LogP contribution in [-0.4, -0.2) is 69.0 Å². The molecule has 1 aliphatic heterocycles. The van der Waals surface area contributed by atoms with Crippen molar-refractivity contribution in [1.82, 2.24) is 29.9 Å². The van der Waals surface area contributed by atoms with Crippen LogP contribution in [-0.2, 0) is 18.5 Å². The Morgan fingerprint density at radius 1 is 1.17 bits per heavy atom. The Bertz CT molecular complexity index is 1560. The number of halogens is 4. The average molecular weight is 588 g/mol. The van der Waals surface area contributed by atoms with Gasteiger partial charge in [-0.25, -0.2) is 4.39 Å². The number of alkyl halides is 4. The predicted octanol–water partition coefficient (Wildman–Crippen LogP) is 5.33. The number of aromatic nitrogens is 4. The number of nitrogens with one attached hydrogen (secondary N) is 2. The number of hydrogen-bond donors (Lipinski definition) is 2. The number of carbonyl (C=O) groups is 1. The number of pyridine rings is 1. The minimum atomic E-state index is -4.53. The minimum Gasteiger partial charge on any atom is -0.379 e. The first-order chi connectivity index (χ1) is 19.8. The van der Waals surface area contributed by atoms with Crippen LogP contribution >= 0.6 is 0 Å². The highest BCUT2D eigenvalue weighted by atomic mass is 19.4. The second-order valence-electron chi connectivity index (χ2n) is 11.7. The fourth-order valence-corrected chi connectivity index (χ4v) is 5.02. The molecule has 0 radical (unpaired) electrons. The molecule has 0 spiro atoms. The van der Waals surface area contributed by atoms with E-state index < -0.39 is 30.8 Å². The molecular formula is C29H33F4N7O2. The number of amides is 1. The Hall–Kier alpha value is -4.00. The maximum atomic E-state index is 14.7. The van der Waals surface area contributed by atoms with E-state index in [1.165, 1.54) is 6.20 Å². The number of anilines is 1. The fourth-order valence-electron chi connectivity index (χ4n) is 5.02. The first kappa shape index (κ1) is 29.5.